The summed E-state index contributed by atoms with van der Waals surface area (Å²) >= 11 is 0. The highest BCUT2D eigenvalue weighted by Crippen LogP contribution is 2.29. The molecule has 2 N–H and O–H groups in total. The molecule has 2 rings (SSSR count). The predicted octanol–water partition coefficient (Wildman–Crippen LogP) is 1.32. The van der Waals surface area contributed by atoms with Gasteiger partial charge in [-0.25, -0.2) is 0 Å². The van der Waals surface area contributed by atoms with E-state index in [1.807, 2.05) is 34.5 Å². The van der Waals surface area contributed by atoms with Crippen LogP contribution in [0.3, 0.4) is 0 Å². The molecule has 23 heavy (non-hydrogen) atoms. The maximum atomic E-state index is 12.2. The highest BCUT2D eigenvalue weighted by atomic mass is 19.4. The zero-order valence-corrected chi connectivity index (χ0v) is 12.8. The molecule has 0 aromatic heterocycles. The molecule has 1 fully saturated rings. The summed E-state index contributed by atoms with van der Waals surface area (Å²) in [4.78, 5) is 13.6. The van der Waals surface area contributed by atoms with Crippen molar-refractivity contribution >= 4 is 5.91 Å². The summed E-state index contributed by atoms with van der Waals surface area (Å²) in [5.74, 6) is 0.0611. The van der Waals surface area contributed by atoms with Crippen molar-refractivity contribution in [2.75, 3.05) is 39.8 Å². The Morgan fingerprint density at radius 3 is 2.87 bits per heavy atom. The highest BCUT2D eigenvalue weighted by Gasteiger charge is 2.30. The summed E-state index contributed by atoms with van der Waals surface area (Å²) in [5, 5.41) is 5.15. The Morgan fingerprint density at radius 2 is 2.17 bits per heavy atom. The first-order valence-electron chi connectivity index (χ1n) is 7.32. The number of benzene rings is 1. The van der Waals surface area contributed by atoms with Crippen LogP contribution in [0.4, 0.5) is 13.2 Å². The van der Waals surface area contributed by atoms with Crippen LogP contribution in [-0.2, 0) is 4.79 Å². The maximum absolute atomic E-state index is 12.2. The Bertz CT molecular complexity index is 537. The van der Waals surface area contributed by atoms with Crippen LogP contribution in [0.5, 0.6) is 5.75 Å². The zero-order chi connectivity index (χ0) is 16.9. The van der Waals surface area contributed by atoms with Gasteiger partial charge in [-0.3, -0.25) is 9.69 Å². The van der Waals surface area contributed by atoms with E-state index < -0.39 is 18.6 Å². The number of rotatable bonds is 5. The lowest BCUT2D eigenvalue weighted by molar-refractivity contribution is -0.139. The van der Waals surface area contributed by atoms with Crippen LogP contribution in [0, 0.1) is 0 Å². The minimum Gasteiger partial charge on any atom is -0.496 e. The van der Waals surface area contributed by atoms with E-state index in [9.17, 15) is 18.0 Å². The molecule has 1 aromatic carbocycles. The SMILES string of the molecule is COc1ccccc1C1CNCCN1CC(=O)NCC(F)(F)F. The fourth-order valence-corrected chi connectivity index (χ4v) is 2.62. The molecular weight excluding hydrogens is 311 g/mol. The summed E-state index contributed by atoms with van der Waals surface area (Å²) < 4.78 is 41.9. The minimum atomic E-state index is -4.40. The average Bonchev–Trinajstić information content (AvgIpc) is 2.53. The predicted molar refractivity (Wildman–Crippen MR) is 79.2 cm³/mol. The van der Waals surface area contributed by atoms with Crippen molar-refractivity contribution in [2.24, 2.45) is 0 Å². The number of amides is 1. The summed E-state index contributed by atoms with van der Waals surface area (Å²) in [6.45, 7) is 0.463. The Morgan fingerprint density at radius 1 is 1.43 bits per heavy atom. The quantitative estimate of drug-likeness (QED) is 0.854. The first kappa shape index (κ1) is 17.6. The lowest BCUT2D eigenvalue weighted by Gasteiger charge is -2.36. The van der Waals surface area contributed by atoms with E-state index in [0.717, 1.165) is 5.56 Å². The van der Waals surface area contributed by atoms with Gasteiger partial charge in [0.05, 0.1) is 19.7 Å². The van der Waals surface area contributed by atoms with Gasteiger partial charge in [0.1, 0.15) is 12.3 Å². The molecular formula is C15H20F3N3O2. The van der Waals surface area contributed by atoms with Crippen molar-refractivity contribution in [1.29, 1.82) is 0 Å². The molecule has 1 aromatic rings. The summed E-state index contributed by atoms with van der Waals surface area (Å²) in [5.41, 5.74) is 0.908. The third-order valence-corrected chi connectivity index (χ3v) is 3.68. The molecule has 0 saturated carbocycles. The number of nitrogens with one attached hydrogen (secondary N) is 2. The van der Waals surface area contributed by atoms with Crippen LogP contribution >= 0.6 is 0 Å². The molecule has 0 bridgehead atoms. The normalized spacial score (nSPS) is 19.4. The zero-order valence-electron chi connectivity index (χ0n) is 12.8. The first-order valence-corrected chi connectivity index (χ1v) is 7.32. The van der Waals surface area contributed by atoms with Crippen molar-refractivity contribution in [3.8, 4) is 5.75 Å². The second-order valence-electron chi connectivity index (χ2n) is 5.32. The number of para-hydroxylation sites is 1. The number of halogens is 3. The molecule has 1 unspecified atom stereocenters. The van der Waals surface area contributed by atoms with Crippen LogP contribution in [0.25, 0.3) is 0 Å². The molecule has 1 aliphatic heterocycles. The molecule has 5 nitrogen and oxygen atoms in total. The molecule has 0 spiro atoms. The van der Waals surface area contributed by atoms with E-state index in [1.165, 1.54) is 0 Å². The standard InChI is InChI=1S/C15H20F3N3O2/c1-23-13-5-3-2-4-11(13)12-8-19-6-7-21(12)9-14(22)20-10-15(16,17)18/h2-5,12,19H,6-10H2,1H3,(H,20,22). The number of methoxy groups -OCH3 is 1. The van der Waals surface area contributed by atoms with Gasteiger partial charge in [-0.05, 0) is 6.07 Å². The van der Waals surface area contributed by atoms with Crippen LogP contribution in [0.2, 0.25) is 0 Å². The van der Waals surface area contributed by atoms with E-state index in [-0.39, 0.29) is 12.6 Å². The second kappa shape index (κ2) is 7.65. The second-order valence-corrected chi connectivity index (χ2v) is 5.32. The van der Waals surface area contributed by atoms with Gasteiger partial charge in [-0.1, -0.05) is 18.2 Å². The monoisotopic (exact) mass is 331 g/mol. The average molecular weight is 331 g/mol. The van der Waals surface area contributed by atoms with Crippen molar-refractivity contribution in [3.05, 3.63) is 29.8 Å². The Balaban J connectivity index is 2.05. The van der Waals surface area contributed by atoms with Gasteiger partial charge in [0.25, 0.3) is 0 Å². The summed E-state index contributed by atoms with van der Waals surface area (Å²) in [7, 11) is 1.56. The molecule has 1 amide bonds. The van der Waals surface area contributed by atoms with E-state index in [4.69, 9.17) is 4.74 Å². The Labute approximate surface area is 132 Å². The molecule has 8 heteroatoms. The minimum absolute atomic E-state index is 0.0829. The smallest absolute Gasteiger partial charge is 0.405 e. The number of alkyl halides is 3. The highest BCUT2D eigenvalue weighted by molar-refractivity contribution is 5.78. The molecule has 1 saturated heterocycles. The number of nitrogens with zero attached hydrogens (tertiary/aromatic N) is 1. The fraction of sp³-hybridized carbons (Fsp3) is 0.533. The Hall–Kier alpha value is -1.80. The van der Waals surface area contributed by atoms with Crippen molar-refractivity contribution in [2.45, 2.75) is 12.2 Å². The topological polar surface area (TPSA) is 53.6 Å². The third-order valence-electron chi connectivity index (χ3n) is 3.68. The molecule has 1 aliphatic rings. The lowest BCUT2D eigenvalue weighted by Crippen LogP contribution is -2.50. The lowest BCUT2D eigenvalue weighted by atomic mass is 10.0. The van der Waals surface area contributed by atoms with Gasteiger partial charge in [0.15, 0.2) is 0 Å². The number of carbonyl (C=O) groups excluding carboxylic acids is 1. The number of carbonyl (C=O) groups is 1. The van der Waals surface area contributed by atoms with Crippen LogP contribution in [0.1, 0.15) is 11.6 Å². The molecule has 1 atom stereocenters. The largest absolute Gasteiger partial charge is 0.496 e. The Kier molecular flexibility index (Phi) is 5.84. The van der Waals surface area contributed by atoms with Gasteiger partial charge in [0.2, 0.25) is 5.91 Å². The summed E-state index contributed by atoms with van der Waals surface area (Å²) in [6, 6.07) is 7.31. The molecule has 128 valence electrons. The van der Waals surface area contributed by atoms with E-state index in [0.29, 0.717) is 25.4 Å². The van der Waals surface area contributed by atoms with Gasteiger partial charge in [-0.15, -0.1) is 0 Å². The van der Waals surface area contributed by atoms with Crippen molar-refractivity contribution in [3.63, 3.8) is 0 Å². The third kappa shape index (κ3) is 5.11. The molecule has 1 heterocycles. The fourth-order valence-electron chi connectivity index (χ4n) is 2.62. The number of hydrogen-bond donors (Lipinski definition) is 2. The first-order chi connectivity index (χ1) is 10.9. The van der Waals surface area contributed by atoms with Gasteiger partial charge < -0.3 is 15.4 Å². The number of piperazine rings is 1. The van der Waals surface area contributed by atoms with Crippen LogP contribution in [0.15, 0.2) is 24.3 Å². The summed E-state index contributed by atoms with van der Waals surface area (Å²) in [6.07, 6.45) is -4.40. The maximum Gasteiger partial charge on any atom is 0.405 e. The van der Waals surface area contributed by atoms with Crippen LogP contribution in [-0.4, -0.2) is 56.8 Å². The van der Waals surface area contributed by atoms with E-state index >= 15 is 0 Å². The van der Waals surface area contributed by atoms with E-state index in [2.05, 4.69) is 5.32 Å². The molecule has 0 aliphatic carbocycles. The van der Waals surface area contributed by atoms with Gasteiger partial charge in [0, 0.05) is 25.2 Å². The van der Waals surface area contributed by atoms with Crippen LogP contribution < -0.4 is 15.4 Å². The van der Waals surface area contributed by atoms with Crippen molar-refractivity contribution in [1.82, 2.24) is 15.5 Å². The van der Waals surface area contributed by atoms with Gasteiger partial charge in [-0.2, -0.15) is 13.2 Å². The number of hydrogen-bond acceptors (Lipinski definition) is 4. The van der Waals surface area contributed by atoms with Gasteiger partial charge >= 0.3 is 6.18 Å². The molecule has 0 radical (unpaired) electrons. The van der Waals surface area contributed by atoms with E-state index in [1.54, 1.807) is 7.11 Å². The number of ether oxygens (including phenoxy) is 1. The van der Waals surface area contributed by atoms with Crippen molar-refractivity contribution < 1.29 is 22.7 Å².